The summed E-state index contributed by atoms with van der Waals surface area (Å²) in [6, 6.07) is 0. The summed E-state index contributed by atoms with van der Waals surface area (Å²) >= 11 is 0. The number of allylic oxidation sites excluding steroid dienone is 3. The second-order valence-electron chi connectivity index (χ2n) is 9.04. The Morgan fingerprint density at radius 2 is 2.04 bits per heavy atom. The van der Waals surface area contributed by atoms with Gasteiger partial charge in [-0.3, -0.25) is 4.79 Å². The summed E-state index contributed by atoms with van der Waals surface area (Å²) in [4.78, 5) is 12.0. The third-order valence-electron chi connectivity index (χ3n) is 7.46. The molecule has 0 aromatic carbocycles. The highest BCUT2D eigenvalue weighted by atomic mass is 16.4. The van der Waals surface area contributed by atoms with Gasteiger partial charge in [-0.05, 0) is 61.3 Å². The number of hydrogen-bond acceptors (Lipinski definition) is 2. The van der Waals surface area contributed by atoms with Gasteiger partial charge in [0.05, 0.1) is 5.41 Å². The van der Waals surface area contributed by atoms with E-state index in [-0.39, 0.29) is 23.9 Å². The van der Waals surface area contributed by atoms with Crippen LogP contribution in [0.5, 0.6) is 0 Å². The van der Waals surface area contributed by atoms with Gasteiger partial charge in [-0.25, -0.2) is 0 Å². The number of carboxylic acid groups (broad SMARTS) is 1. The maximum absolute atomic E-state index is 12.0. The molecule has 0 bridgehead atoms. The van der Waals surface area contributed by atoms with E-state index in [4.69, 9.17) is 0 Å². The van der Waals surface area contributed by atoms with Crippen molar-refractivity contribution >= 4 is 5.97 Å². The molecule has 0 saturated heterocycles. The molecule has 0 aromatic heterocycles. The normalized spacial score (nSPS) is 42.0. The Labute approximate surface area is 145 Å². The van der Waals surface area contributed by atoms with Gasteiger partial charge in [0.1, 0.15) is 0 Å². The van der Waals surface area contributed by atoms with Crippen LogP contribution in [0.25, 0.3) is 0 Å². The number of carboxylic acids is 1. The van der Waals surface area contributed by atoms with Gasteiger partial charge < -0.3 is 10.2 Å². The Kier molecular flexibility index (Phi) is 4.44. The summed E-state index contributed by atoms with van der Waals surface area (Å²) in [7, 11) is 0. The quantitative estimate of drug-likeness (QED) is 0.804. The molecule has 0 aromatic rings. The highest BCUT2D eigenvalue weighted by Crippen LogP contribution is 2.62. The van der Waals surface area contributed by atoms with E-state index in [1.807, 2.05) is 6.92 Å². The first-order valence-electron chi connectivity index (χ1n) is 9.50. The predicted molar refractivity (Wildman–Crippen MR) is 95.5 cm³/mol. The topological polar surface area (TPSA) is 57.5 Å². The van der Waals surface area contributed by atoms with Crippen LogP contribution < -0.4 is 0 Å². The average Bonchev–Trinajstić information content (AvgIpc) is 2.53. The summed E-state index contributed by atoms with van der Waals surface area (Å²) in [5.74, 6) is 0.613. The van der Waals surface area contributed by atoms with E-state index in [9.17, 15) is 15.0 Å². The molecule has 0 aliphatic heterocycles. The lowest BCUT2D eigenvalue weighted by atomic mass is 9.46. The van der Waals surface area contributed by atoms with Crippen LogP contribution in [-0.2, 0) is 4.79 Å². The van der Waals surface area contributed by atoms with Gasteiger partial charge in [-0.15, -0.1) is 0 Å². The van der Waals surface area contributed by atoms with Crippen molar-refractivity contribution in [2.45, 2.75) is 59.8 Å². The van der Waals surface area contributed by atoms with E-state index < -0.39 is 11.4 Å². The number of aliphatic hydroxyl groups excluding tert-OH is 1. The fraction of sp³-hybridized carbons (Fsp3) is 0.762. The van der Waals surface area contributed by atoms with Gasteiger partial charge in [0.15, 0.2) is 0 Å². The number of aliphatic carboxylic acids is 1. The van der Waals surface area contributed by atoms with Crippen LogP contribution in [0.1, 0.15) is 59.8 Å². The zero-order valence-electron chi connectivity index (χ0n) is 15.5. The zero-order chi connectivity index (χ0) is 17.7. The van der Waals surface area contributed by atoms with E-state index in [1.54, 1.807) is 0 Å². The third kappa shape index (κ3) is 2.47. The molecule has 0 amide bonds. The van der Waals surface area contributed by atoms with Crippen molar-refractivity contribution in [1.29, 1.82) is 0 Å². The molecular weight excluding hydrogens is 300 g/mol. The SMILES string of the molecule is CC(C)C1=CC2=CCC3C(C)(C(=O)O)CCCC3(C)C2CC1CO. The summed E-state index contributed by atoms with van der Waals surface area (Å²) < 4.78 is 0. The first-order chi connectivity index (χ1) is 11.2. The molecule has 3 rings (SSSR count). The Hall–Kier alpha value is -1.09. The second-order valence-corrected chi connectivity index (χ2v) is 9.04. The number of rotatable bonds is 3. The van der Waals surface area contributed by atoms with Crippen LogP contribution in [0, 0.1) is 34.5 Å². The van der Waals surface area contributed by atoms with Crippen LogP contribution in [0.15, 0.2) is 23.3 Å². The monoisotopic (exact) mass is 332 g/mol. The van der Waals surface area contributed by atoms with Crippen LogP contribution in [-0.4, -0.2) is 22.8 Å². The summed E-state index contributed by atoms with van der Waals surface area (Å²) in [5, 5.41) is 19.8. The molecule has 5 unspecified atom stereocenters. The van der Waals surface area contributed by atoms with Crippen LogP contribution in [0.2, 0.25) is 0 Å². The van der Waals surface area contributed by atoms with Crippen molar-refractivity contribution in [3.8, 4) is 0 Å². The minimum atomic E-state index is -0.636. The molecule has 3 aliphatic carbocycles. The lowest BCUT2D eigenvalue weighted by Crippen LogP contribution is -2.53. The Morgan fingerprint density at radius 3 is 2.62 bits per heavy atom. The van der Waals surface area contributed by atoms with Crippen LogP contribution >= 0.6 is 0 Å². The number of carbonyl (C=O) groups is 1. The van der Waals surface area contributed by atoms with E-state index in [2.05, 4.69) is 32.9 Å². The molecule has 0 spiro atoms. The molecular formula is C21H32O3. The number of aliphatic hydroxyl groups is 1. The first-order valence-corrected chi connectivity index (χ1v) is 9.50. The number of fused-ring (bicyclic) bond motifs is 3. The fourth-order valence-electron chi connectivity index (χ4n) is 6.01. The smallest absolute Gasteiger partial charge is 0.309 e. The Balaban J connectivity index is 2.04. The molecule has 3 nitrogen and oxygen atoms in total. The average molecular weight is 332 g/mol. The van der Waals surface area contributed by atoms with Crippen molar-refractivity contribution in [3.63, 3.8) is 0 Å². The Morgan fingerprint density at radius 1 is 1.33 bits per heavy atom. The van der Waals surface area contributed by atoms with Crippen molar-refractivity contribution < 1.29 is 15.0 Å². The van der Waals surface area contributed by atoms with Crippen molar-refractivity contribution in [2.24, 2.45) is 34.5 Å². The highest BCUT2D eigenvalue weighted by molar-refractivity contribution is 5.75. The van der Waals surface area contributed by atoms with Crippen molar-refractivity contribution in [1.82, 2.24) is 0 Å². The molecule has 24 heavy (non-hydrogen) atoms. The maximum Gasteiger partial charge on any atom is 0.309 e. The molecule has 5 atom stereocenters. The van der Waals surface area contributed by atoms with Gasteiger partial charge in [0.2, 0.25) is 0 Å². The second kappa shape index (κ2) is 6.01. The van der Waals surface area contributed by atoms with E-state index >= 15 is 0 Å². The van der Waals surface area contributed by atoms with Gasteiger partial charge >= 0.3 is 5.97 Å². The van der Waals surface area contributed by atoms with Gasteiger partial charge in [0.25, 0.3) is 0 Å². The van der Waals surface area contributed by atoms with Crippen molar-refractivity contribution in [2.75, 3.05) is 6.61 Å². The first kappa shape index (κ1) is 17.7. The molecule has 134 valence electrons. The maximum atomic E-state index is 12.0. The fourth-order valence-corrected chi connectivity index (χ4v) is 6.01. The highest BCUT2D eigenvalue weighted by Gasteiger charge is 2.57. The third-order valence-corrected chi connectivity index (χ3v) is 7.46. The van der Waals surface area contributed by atoms with Gasteiger partial charge in [0, 0.05) is 12.5 Å². The summed E-state index contributed by atoms with van der Waals surface area (Å²) in [5.41, 5.74) is 2.17. The summed E-state index contributed by atoms with van der Waals surface area (Å²) in [6.07, 6.45) is 9.35. The minimum absolute atomic E-state index is 0.0297. The van der Waals surface area contributed by atoms with E-state index in [1.165, 1.54) is 11.1 Å². The predicted octanol–water partition coefficient (Wildman–Crippen LogP) is 4.42. The molecule has 1 saturated carbocycles. The molecule has 1 fully saturated rings. The summed E-state index contributed by atoms with van der Waals surface area (Å²) in [6.45, 7) is 8.87. The van der Waals surface area contributed by atoms with E-state index in [0.29, 0.717) is 11.8 Å². The molecule has 3 aliphatic rings. The van der Waals surface area contributed by atoms with Crippen LogP contribution in [0.4, 0.5) is 0 Å². The number of hydrogen-bond donors (Lipinski definition) is 2. The molecule has 0 heterocycles. The minimum Gasteiger partial charge on any atom is -0.481 e. The molecule has 0 radical (unpaired) electrons. The lowest BCUT2D eigenvalue weighted by Gasteiger charge is -2.57. The van der Waals surface area contributed by atoms with Crippen molar-refractivity contribution in [3.05, 3.63) is 23.3 Å². The zero-order valence-corrected chi connectivity index (χ0v) is 15.5. The standard InChI is InChI=1S/C21H32O3/c1-13(2)16-10-14-6-7-18-20(3,17(14)11-15(16)12-22)8-5-9-21(18,4)19(23)24/h6,10,13,15,17-18,22H,5,7-9,11-12H2,1-4H3,(H,23,24). The molecule has 2 N–H and O–H groups in total. The molecule has 3 heteroatoms. The van der Waals surface area contributed by atoms with E-state index in [0.717, 1.165) is 32.1 Å². The lowest BCUT2D eigenvalue weighted by molar-refractivity contribution is -0.162. The van der Waals surface area contributed by atoms with Gasteiger partial charge in [-0.1, -0.05) is 44.9 Å². The largest absolute Gasteiger partial charge is 0.481 e. The van der Waals surface area contributed by atoms with Gasteiger partial charge in [-0.2, -0.15) is 0 Å². The van der Waals surface area contributed by atoms with Crippen LogP contribution in [0.3, 0.4) is 0 Å². The Bertz CT molecular complexity index is 588.